The van der Waals surface area contributed by atoms with Gasteiger partial charge in [0.2, 0.25) is 0 Å². The third-order valence-corrected chi connectivity index (χ3v) is 4.83. The maximum absolute atomic E-state index is 13.0. The van der Waals surface area contributed by atoms with Gasteiger partial charge in [-0.2, -0.15) is 0 Å². The van der Waals surface area contributed by atoms with Crippen LogP contribution in [0.15, 0.2) is 24.3 Å². The van der Waals surface area contributed by atoms with Gasteiger partial charge in [-0.3, -0.25) is 14.6 Å². The van der Waals surface area contributed by atoms with Crippen molar-refractivity contribution in [3.05, 3.63) is 35.6 Å². The Kier molecular flexibility index (Phi) is 4.74. The van der Waals surface area contributed by atoms with Crippen LogP contribution >= 0.6 is 0 Å². The summed E-state index contributed by atoms with van der Waals surface area (Å²) >= 11 is 0. The Morgan fingerprint density at radius 3 is 2.68 bits per heavy atom. The van der Waals surface area contributed by atoms with Gasteiger partial charge in [-0.25, -0.2) is 4.39 Å². The van der Waals surface area contributed by atoms with Crippen molar-refractivity contribution in [3.8, 4) is 0 Å². The van der Waals surface area contributed by atoms with Crippen molar-refractivity contribution in [2.24, 2.45) is 5.92 Å². The lowest BCUT2D eigenvalue weighted by atomic mass is 9.95. The van der Waals surface area contributed by atoms with E-state index in [1.54, 1.807) is 0 Å². The Hall–Kier alpha value is -1.46. The average Bonchev–Trinajstić information content (AvgIpc) is 2.78. The summed E-state index contributed by atoms with van der Waals surface area (Å²) in [7, 11) is 0. The van der Waals surface area contributed by atoms with Gasteiger partial charge in [0.25, 0.3) is 0 Å². The summed E-state index contributed by atoms with van der Waals surface area (Å²) < 4.78 is 13.0. The second-order valence-corrected chi connectivity index (χ2v) is 6.56. The van der Waals surface area contributed by atoms with Crippen molar-refractivity contribution in [1.29, 1.82) is 0 Å². The number of hydrogen-bond donors (Lipinski definition) is 1. The van der Waals surface area contributed by atoms with Crippen LogP contribution in [-0.4, -0.2) is 53.1 Å². The van der Waals surface area contributed by atoms with Crippen molar-refractivity contribution in [2.75, 3.05) is 26.2 Å². The molecular weight excluding hydrogens is 283 g/mol. The molecule has 5 heteroatoms. The first kappa shape index (κ1) is 15.4. The summed E-state index contributed by atoms with van der Waals surface area (Å²) in [4.78, 5) is 15.6. The minimum atomic E-state index is -0.719. The maximum atomic E-state index is 13.0. The van der Waals surface area contributed by atoms with Crippen LogP contribution in [0.1, 0.15) is 24.8 Å². The molecule has 0 radical (unpaired) electrons. The Morgan fingerprint density at radius 2 is 1.95 bits per heavy atom. The van der Waals surface area contributed by atoms with E-state index in [-0.39, 0.29) is 12.2 Å². The Bertz CT molecular complexity index is 520. The zero-order valence-electron chi connectivity index (χ0n) is 12.7. The van der Waals surface area contributed by atoms with Gasteiger partial charge < -0.3 is 5.11 Å². The summed E-state index contributed by atoms with van der Waals surface area (Å²) in [5.41, 5.74) is 1.14. The third kappa shape index (κ3) is 3.84. The number of fused-ring (bicyclic) bond motifs is 4. The Morgan fingerprint density at radius 1 is 1.18 bits per heavy atom. The SMILES string of the molecule is O=C(O)CCN1C[C@H]2CC[C@@H]1CN(Cc1ccc(F)cc1)C2. The minimum Gasteiger partial charge on any atom is -0.481 e. The monoisotopic (exact) mass is 306 g/mol. The predicted molar refractivity (Wildman–Crippen MR) is 82.0 cm³/mol. The molecule has 22 heavy (non-hydrogen) atoms. The lowest BCUT2D eigenvalue weighted by molar-refractivity contribution is -0.137. The summed E-state index contributed by atoms with van der Waals surface area (Å²) in [5, 5.41) is 8.89. The molecule has 1 aromatic carbocycles. The molecule has 0 amide bonds. The van der Waals surface area contributed by atoms with Crippen molar-refractivity contribution in [1.82, 2.24) is 9.80 Å². The number of carbonyl (C=O) groups is 1. The van der Waals surface area contributed by atoms with Crippen molar-refractivity contribution in [2.45, 2.75) is 31.8 Å². The molecule has 0 aromatic heterocycles. The number of hydrogen-bond acceptors (Lipinski definition) is 3. The highest BCUT2D eigenvalue weighted by Crippen LogP contribution is 2.28. The van der Waals surface area contributed by atoms with E-state index in [4.69, 9.17) is 5.11 Å². The number of piperidine rings is 1. The van der Waals surface area contributed by atoms with Gasteiger partial charge in [-0.1, -0.05) is 12.1 Å². The molecule has 120 valence electrons. The first-order chi connectivity index (χ1) is 10.6. The fraction of sp³-hybridized carbons (Fsp3) is 0.588. The maximum Gasteiger partial charge on any atom is 0.304 e. The fourth-order valence-electron chi connectivity index (χ4n) is 3.77. The first-order valence-corrected chi connectivity index (χ1v) is 8.03. The molecule has 3 heterocycles. The molecule has 0 spiro atoms. The van der Waals surface area contributed by atoms with Crippen molar-refractivity contribution >= 4 is 5.97 Å². The number of carboxylic acid groups (broad SMARTS) is 1. The normalized spacial score (nSPS) is 26.0. The molecular formula is C17H23FN2O2. The molecule has 1 N–H and O–H groups in total. The molecule has 3 saturated heterocycles. The van der Waals surface area contributed by atoms with Crippen LogP contribution in [-0.2, 0) is 11.3 Å². The molecule has 0 unspecified atom stereocenters. The van der Waals surface area contributed by atoms with Crippen LogP contribution in [0.5, 0.6) is 0 Å². The predicted octanol–water partition coefficient (Wildman–Crippen LogP) is 2.20. The van der Waals surface area contributed by atoms with E-state index >= 15 is 0 Å². The van der Waals surface area contributed by atoms with E-state index in [1.807, 2.05) is 12.1 Å². The molecule has 0 aliphatic carbocycles. The largest absolute Gasteiger partial charge is 0.481 e. The number of benzene rings is 1. The van der Waals surface area contributed by atoms with Gasteiger partial charge in [0.15, 0.2) is 0 Å². The number of rotatable bonds is 5. The summed E-state index contributed by atoms with van der Waals surface area (Å²) in [6.45, 7) is 4.55. The molecule has 1 aromatic rings. The van der Waals surface area contributed by atoms with Crippen LogP contribution < -0.4 is 0 Å². The van der Waals surface area contributed by atoms with Crippen LogP contribution in [0, 0.1) is 11.7 Å². The van der Waals surface area contributed by atoms with Gasteiger partial charge in [0.05, 0.1) is 6.42 Å². The zero-order valence-corrected chi connectivity index (χ0v) is 12.7. The highest BCUT2D eigenvalue weighted by atomic mass is 19.1. The molecule has 2 atom stereocenters. The van der Waals surface area contributed by atoms with Crippen molar-refractivity contribution in [3.63, 3.8) is 0 Å². The summed E-state index contributed by atoms with van der Waals surface area (Å²) in [6.07, 6.45) is 2.61. The third-order valence-electron chi connectivity index (χ3n) is 4.83. The van der Waals surface area contributed by atoms with E-state index in [0.717, 1.165) is 38.2 Å². The van der Waals surface area contributed by atoms with Gasteiger partial charge in [0.1, 0.15) is 5.82 Å². The zero-order chi connectivity index (χ0) is 15.5. The molecule has 0 saturated carbocycles. The lowest BCUT2D eigenvalue weighted by Gasteiger charge is -2.35. The summed E-state index contributed by atoms with van der Waals surface area (Å²) in [6, 6.07) is 7.19. The van der Waals surface area contributed by atoms with E-state index in [9.17, 15) is 9.18 Å². The van der Waals surface area contributed by atoms with Gasteiger partial charge in [0, 0.05) is 38.8 Å². The quantitative estimate of drug-likeness (QED) is 0.906. The van der Waals surface area contributed by atoms with Crippen LogP contribution in [0.25, 0.3) is 0 Å². The van der Waals surface area contributed by atoms with Gasteiger partial charge in [-0.15, -0.1) is 0 Å². The highest BCUT2D eigenvalue weighted by Gasteiger charge is 2.34. The second-order valence-electron chi connectivity index (χ2n) is 6.56. The van der Waals surface area contributed by atoms with Gasteiger partial charge in [-0.05, 0) is 36.5 Å². The number of carboxylic acids is 1. The molecule has 2 bridgehead atoms. The Balaban J connectivity index is 1.62. The molecule has 4 rings (SSSR count). The molecule has 3 fully saturated rings. The first-order valence-electron chi connectivity index (χ1n) is 8.03. The average molecular weight is 306 g/mol. The standard InChI is InChI=1S/C17H23FN2O2/c18-15-4-1-13(2-5-15)9-19-10-14-3-6-16(12-19)20(11-14)8-7-17(21)22/h1-2,4-5,14,16H,3,6-12H2,(H,21,22)/t14-,16+/m0/s1. The van der Waals surface area contributed by atoms with Crippen molar-refractivity contribution < 1.29 is 14.3 Å². The number of halogens is 1. The topological polar surface area (TPSA) is 43.8 Å². The lowest BCUT2D eigenvalue weighted by Crippen LogP contribution is -2.44. The van der Waals surface area contributed by atoms with Crippen LogP contribution in [0.3, 0.4) is 0 Å². The molecule has 3 aliphatic rings. The molecule has 3 aliphatic heterocycles. The van der Waals surface area contributed by atoms with E-state index in [2.05, 4.69) is 9.80 Å². The van der Waals surface area contributed by atoms with Crippen LogP contribution in [0.4, 0.5) is 4.39 Å². The van der Waals surface area contributed by atoms with E-state index < -0.39 is 5.97 Å². The van der Waals surface area contributed by atoms with E-state index in [0.29, 0.717) is 18.5 Å². The Labute approximate surface area is 130 Å². The smallest absolute Gasteiger partial charge is 0.304 e. The highest BCUT2D eigenvalue weighted by molar-refractivity contribution is 5.66. The van der Waals surface area contributed by atoms with E-state index in [1.165, 1.54) is 18.6 Å². The fourth-order valence-corrected chi connectivity index (χ4v) is 3.77. The number of aliphatic carboxylic acids is 1. The van der Waals surface area contributed by atoms with Gasteiger partial charge >= 0.3 is 5.97 Å². The minimum absolute atomic E-state index is 0.195. The molecule has 4 nitrogen and oxygen atoms in total. The summed E-state index contributed by atoms with van der Waals surface area (Å²) in [5.74, 6) is -0.296. The van der Waals surface area contributed by atoms with Crippen LogP contribution in [0.2, 0.25) is 0 Å². The second kappa shape index (κ2) is 6.75. The number of nitrogens with zero attached hydrogens (tertiary/aromatic N) is 2.